The zero-order valence-electron chi connectivity index (χ0n) is 8.75. The van der Waals surface area contributed by atoms with Gasteiger partial charge in [0.1, 0.15) is 5.75 Å². The second-order valence-corrected chi connectivity index (χ2v) is 4.21. The summed E-state index contributed by atoms with van der Waals surface area (Å²) < 4.78 is 5.63. The molecule has 0 fully saturated rings. The molecule has 3 heteroatoms. The van der Waals surface area contributed by atoms with Gasteiger partial charge in [0.25, 0.3) is 0 Å². The van der Waals surface area contributed by atoms with Crippen molar-refractivity contribution >= 4 is 17.4 Å². The minimum atomic E-state index is 0.760. The van der Waals surface area contributed by atoms with E-state index in [0.29, 0.717) is 0 Å². The predicted molar refractivity (Wildman–Crippen MR) is 64.1 cm³/mol. The Bertz CT molecular complexity index is 289. The molecule has 1 aromatic carbocycles. The van der Waals surface area contributed by atoms with Crippen LogP contribution in [0, 0.1) is 6.92 Å². The van der Waals surface area contributed by atoms with E-state index in [4.69, 9.17) is 10.5 Å². The number of ether oxygens (including phenoxy) is 1. The van der Waals surface area contributed by atoms with Crippen LogP contribution in [0.2, 0.25) is 0 Å². The molecular formula is C11H17NOS. The summed E-state index contributed by atoms with van der Waals surface area (Å²) in [6.45, 7) is 2.80. The van der Waals surface area contributed by atoms with E-state index in [2.05, 4.69) is 6.26 Å². The van der Waals surface area contributed by atoms with Gasteiger partial charge in [0, 0.05) is 11.8 Å². The average molecular weight is 211 g/mol. The van der Waals surface area contributed by atoms with Crippen molar-refractivity contribution in [3.63, 3.8) is 0 Å². The number of thioether (sulfide) groups is 1. The van der Waals surface area contributed by atoms with Crippen LogP contribution in [0.5, 0.6) is 5.75 Å². The highest BCUT2D eigenvalue weighted by atomic mass is 32.2. The van der Waals surface area contributed by atoms with Gasteiger partial charge in [0.2, 0.25) is 0 Å². The van der Waals surface area contributed by atoms with Gasteiger partial charge in [-0.1, -0.05) is 6.07 Å². The molecule has 0 amide bonds. The van der Waals surface area contributed by atoms with E-state index >= 15 is 0 Å². The van der Waals surface area contributed by atoms with Gasteiger partial charge in [-0.15, -0.1) is 0 Å². The molecule has 0 spiro atoms. The summed E-state index contributed by atoms with van der Waals surface area (Å²) in [7, 11) is 0. The van der Waals surface area contributed by atoms with E-state index in [-0.39, 0.29) is 0 Å². The Morgan fingerprint density at radius 2 is 2.21 bits per heavy atom. The third kappa shape index (κ3) is 3.50. The highest BCUT2D eigenvalue weighted by molar-refractivity contribution is 7.98. The number of nitrogen functional groups attached to an aromatic ring is 1. The first-order chi connectivity index (χ1) is 6.74. The van der Waals surface area contributed by atoms with Crippen molar-refractivity contribution in [2.75, 3.05) is 24.3 Å². The summed E-state index contributed by atoms with van der Waals surface area (Å²) >= 11 is 1.84. The highest BCUT2D eigenvalue weighted by Crippen LogP contribution is 2.20. The Kier molecular flexibility index (Phi) is 4.66. The third-order valence-electron chi connectivity index (χ3n) is 1.96. The molecule has 0 saturated heterocycles. The van der Waals surface area contributed by atoms with Crippen LogP contribution in [0.3, 0.4) is 0 Å². The maximum atomic E-state index is 5.67. The second-order valence-electron chi connectivity index (χ2n) is 3.22. The Balaban J connectivity index is 2.45. The molecule has 0 bridgehead atoms. The molecule has 0 radical (unpaired) electrons. The van der Waals surface area contributed by atoms with Gasteiger partial charge in [-0.05, 0) is 37.0 Å². The van der Waals surface area contributed by atoms with Crippen LogP contribution < -0.4 is 10.5 Å². The quantitative estimate of drug-likeness (QED) is 0.601. The Hall–Kier alpha value is -0.830. The molecule has 1 rings (SSSR count). The van der Waals surface area contributed by atoms with Crippen molar-refractivity contribution in [1.82, 2.24) is 0 Å². The molecule has 14 heavy (non-hydrogen) atoms. The predicted octanol–water partition coefficient (Wildman–Crippen LogP) is 2.71. The van der Waals surface area contributed by atoms with Crippen LogP contribution in [0.1, 0.15) is 12.0 Å². The van der Waals surface area contributed by atoms with Gasteiger partial charge < -0.3 is 10.5 Å². The molecule has 1 aromatic rings. The summed E-state index contributed by atoms with van der Waals surface area (Å²) in [4.78, 5) is 0. The van der Waals surface area contributed by atoms with Crippen molar-refractivity contribution in [3.05, 3.63) is 23.8 Å². The lowest BCUT2D eigenvalue weighted by Crippen LogP contribution is -2.00. The molecule has 0 aliphatic rings. The van der Waals surface area contributed by atoms with Crippen LogP contribution >= 0.6 is 11.8 Å². The fraction of sp³-hybridized carbons (Fsp3) is 0.455. The summed E-state index contributed by atoms with van der Waals surface area (Å²) in [5.41, 5.74) is 7.58. The summed E-state index contributed by atoms with van der Waals surface area (Å²) in [5.74, 6) is 2.05. The van der Waals surface area contributed by atoms with E-state index < -0.39 is 0 Å². The van der Waals surface area contributed by atoms with E-state index in [9.17, 15) is 0 Å². The smallest absolute Gasteiger partial charge is 0.124 e. The van der Waals surface area contributed by atoms with E-state index in [1.54, 1.807) is 0 Å². The number of nitrogens with two attached hydrogens (primary N) is 1. The Labute approximate surface area is 89.8 Å². The van der Waals surface area contributed by atoms with Gasteiger partial charge in [0.05, 0.1) is 6.61 Å². The second kappa shape index (κ2) is 5.81. The zero-order chi connectivity index (χ0) is 10.4. The molecule has 78 valence electrons. The van der Waals surface area contributed by atoms with Crippen molar-refractivity contribution in [1.29, 1.82) is 0 Å². The van der Waals surface area contributed by atoms with Gasteiger partial charge in [-0.3, -0.25) is 0 Å². The van der Waals surface area contributed by atoms with Crippen LogP contribution in [0.25, 0.3) is 0 Å². The molecule has 0 heterocycles. The van der Waals surface area contributed by atoms with E-state index in [1.807, 2.05) is 36.9 Å². The lowest BCUT2D eigenvalue weighted by Gasteiger charge is -2.09. The zero-order valence-corrected chi connectivity index (χ0v) is 9.56. The van der Waals surface area contributed by atoms with Crippen molar-refractivity contribution < 1.29 is 4.74 Å². The first kappa shape index (κ1) is 11.2. The monoisotopic (exact) mass is 211 g/mol. The Morgan fingerprint density at radius 3 is 2.93 bits per heavy atom. The lowest BCUT2D eigenvalue weighted by molar-refractivity contribution is 0.317. The maximum Gasteiger partial charge on any atom is 0.124 e. The fourth-order valence-electron chi connectivity index (χ4n) is 1.16. The highest BCUT2D eigenvalue weighted by Gasteiger charge is 1.99. The van der Waals surface area contributed by atoms with E-state index in [1.165, 1.54) is 0 Å². The van der Waals surface area contributed by atoms with Crippen molar-refractivity contribution in [3.8, 4) is 5.75 Å². The molecule has 0 unspecified atom stereocenters. The number of anilines is 1. The Morgan fingerprint density at radius 1 is 1.43 bits per heavy atom. The maximum absolute atomic E-state index is 5.67. The standard InChI is InChI=1S/C11H17NOS/c1-9-4-5-10(12)8-11(9)13-6-3-7-14-2/h4-5,8H,3,6-7,12H2,1-2H3. The van der Waals surface area contributed by atoms with Crippen LogP contribution in [0.4, 0.5) is 5.69 Å². The van der Waals surface area contributed by atoms with Crippen molar-refractivity contribution in [2.24, 2.45) is 0 Å². The average Bonchev–Trinajstić information content (AvgIpc) is 2.18. The molecule has 0 aliphatic heterocycles. The summed E-state index contributed by atoms with van der Waals surface area (Å²) in [6.07, 6.45) is 3.18. The normalized spacial score (nSPS) is 10.1. The van der Waals surface area contributed by atoms with Gasteiger partial charge in [-0.25, -0.2) is 0 Å². The first-order valence-corrected chi connectivity index (χ1v) is 6.11. The van der Waals surface area contributed by atoms with E-state index in [0.717, 1.165) is 35.8 Å². The minimum absolute atomic E-state index is 0.760. The third-order valence-corrected chi connectivity index (χ3v) is 2.66. The largest absolute Gasteiger partial charge is 0.493 e. The molecule has 2 nitrogen and oxygen atoms in total. The lowest BCUT2D eigenvalue weighted by atomic mass is 10.2. The minimum Gasteiger partial charge on any atom is -0.493 e. The number of hydrogen-bond acceptors (Lipinski definition) is 3. The summed E-state index contributed by atoms with van der Waals surface area (Å²) in [5, 5.41) is 0. The SMILES string of the molecule is CSCCCOc1cc(N)ccc1C. The number of hydrogen-bond donors (Lipinski definition) is 1. The van der Waals surface area contributed by atoms with Crippen LogP contribution in [-0.4, -0.2) is 18.6 Å². The molecular weight excluding hydrogens is 194 g/mol. The number of rotatable bonds is 5. The van der Waals surface area contributed by atoms with Crippen LogP contribution in [0.15, 0.2) is 18.2 Å². The molecule has 0 saturated carbocycles. The topological polar surface area (TPSA) is 35.2 Å². The molecule has 0 atom stereocenters. The molecule has 0 aromatic heterocycles. The van der Waals surface area contributed by atoms with Crippen molar-refractivity contribution in [2.45, 2.75) is 13.3 Å². The first-order valence-electron chi connectivity index (χ1n) is 4.72. The number of benzene rings is 1. The molecule has 2 N–H and O–H groups in total. The fourth-order valence-corrected chi connectivity index (χ4v) is 1.56. The molecule has 0 aliphatic carbocycles. The summed E-state index contributed by atoms with van der Waals surface area (Å²) in [6, 6.07) is 5.76. The number of aryl methyl sites for hydroxylation is 1. The van der Waals surface area contributed by atoms with Gasteiger partial charge in [0.15, 0.2) is 0 Å². The van der Waals surface area contributed by atoms with Gasteiger partial charge in [-0.2, -0.15) is 11.8 Å². The van der Waals surface area contributed by atoms with Gasteiger partial charge >= 0.3 is 0 Å². The van der Waals surface area contributed by atoms with Crippen LogP contribution in [-0.2, 0) is 0 Å².